The molecule has 8 nitrogen and oxygen atoms in total. The fourth-order valence-corrected chi connectivity index (χ4v) is 2.66. The van der Waals surface area contributed by atoms with E-state index in [0.29, 0.717) is 18.2 Å². The van der Waals surface area contributed by atoms with Crippen LogP contribution in [0.1, 0.15) is 12.8 Å². The largest absolute Gasteiger partial charge is 0.394 e. The second-order valence-corrected chi connectivity index (χ2v) is 4.91. The summed E-state index contributed by atoms with van der Waals surface area (Å²) in [6.45, 7) is 0.537. The molecule has 8 heteroatoms. The van der Waals surface area contributed by atoms with E-state index in [1.165, 1.54) is 0 Å². The number of aliphatic hydroxyl groups is 1. The van der Waals surface area contributed by atoms with Crippen LogP contribution in [-0.2, 0) is 4.74 Å². The first-order chi connectivity index (χ1) is 9.10. The fraction of sp³-hybridized carbons (Fsp3) is 0.636. The average Bonchev–Trinajstić information content (AvgIpc) is 2.93. The Labute approximate surface area is 109 Å². The molecule has 0 spiro atoms. The molecule has 3 heterocycles. The van der Waals surface area contributed by atoms with Gasteiger partial charge in [-0.2, -0.15) is 4.98 Å². The van der Waals surface area contributed by atoms with E-state index < -0.39 is 0 Å². The minimum Gasteiger partial charge on any atom is -0.394 e. The third-order valence-corrected chi connectivity index (χ3v) is 3.55. The van der Waals surface area contributed by atoms with Gasteiger partial charge in [0.05, 0.1) is 19.4 Å². The predicted octanol–water partition coefficient (Wildman–Crippen LogP) is -0.937. The summed E-state index contributed by atoms with van der Waals surface area (Å²) in [4.78, 5) is 22.3. The van der Waals surface area contributed by atoms with Crippen molar-refractivity contribution in [2.75, 3.05) is 35.9 Å². The van der Waals surface area contributed by atoms with Crippen LogP contribution in [0.2, 0.25) is 0 Å². The number of nitrogen functional groups attached to an aromatic ring is 1. The third kappa shape index (κ3) is 1.92. The Kier molecular flexibility index (Phi) is 2.83. The Morgan fingerprint density at radius 1 is 1.58 bits per heavy atom. The smallest absolute Gasteiger partial charge is 0.278 e. The van der Waals surface area contributed by atoms with Crippen LogP contribution >= 0.6 is 0 Å². The van der Waals surface area contributed by atoms with Crippen molar-refractivity contribution in [3.05, 3.63) is 10.4 Å². The summed E-state index contributed by atoms with van der Waals surface area (Å²) in [5.41, 5.74) is 5.86. The van der Waals surface area contributed by atoms with Gasteiger partial charge in [0, 0.05) is 7.05 Å². The molecular formula is C11H17N5O3. The highest BCUT2D eigenvalue weighted by molar-refractivity contribution is 5.72. The number of hydrogen-bond donors (Lipinski definition) is 3. The van der Waals surface area contributed by atoms with Crippen molar-refractivity contribution < 1.29 is 9.84 Å². The van der Waals surface area contributed by atoms with Crippen LogP contribution in [0.15, 0.2) is 4.79 Å². The Morgan fingerprint density at radius 3 is 3.05 bits per heavy atom. The highest BCUT2D eigenvalue weighted by Crippen LogP contribution is 2.35. The molecule has 0 aromatic carbocycles. The van der Waals surface area contributed by atoms with E-state index >= 15 is 0 Å². The quantitative estimate of drug-likeness (QED) is 0.635. The Hall–Kier alpha value is -1.80. The van der Waals surface area contributed by atoms with Crippen LogP contribution in [0, 0.1) is 0 Å². The van der Waals surface area contributed by atoms with Crippen LogP contribution in [0.25, 0.3) is 0 Å². The van der Waals surface area contributed by atoms with E-state index in [-0.39, 0.29) is 30.4 Å². The number of anilines is 3. The second kappa shape index (κ2) is 4.39. The molecule has 0 amide bonds. The number of aromatic amines is 1. The maximum absolute atomic E-state index is 11.9. The third-order valence-electron chi connectivity index (χ3n) is 3.55. The zero-order valence-electron chi connectivity index (χ0n) is 10.7. The molecule has 1 aromatic heterocycles. The summed E-state index contributed by atoms with van der Waals surface area (Å²) in [5, 5.41) is 9.12. The average molecular weight is 267 g/mol. The number of ether oxygens (including phenoxy) is 1. The van der Waals surface area contributed by atoms with Gasteiger partial charge in [0.1, 0.15) is 11.9 Å². The lowest BCUT2D eigenvalue weighted by Crippen LogP contribution is -2.38. The molecular weight excluding hydrogens is 250 g/mol. The standard InChI is InChI=1S/C11H17N5O3/c1-15-5-16(7-3-2-6(4-17)19-7)9-8(15)10(18)14-11(12)13-9/h6-7,17H,2-5H2,1H3,(H3,12,13,14,18)/t6-,7+/m0/s1. The Balaban J connectivity index is 1.94. The molecule has 3 rings (SSSR count). The topological polar surface area (TPSA) is 108 Å². The minimum atomic E-state index is -0.246. The summed E-state index contributed by atoms with van der Waals surface area (Å²) in [5.74, 6) is 0.646. The van der Waals surface area contributed by atoms with Crippen LogP contribution in [-0.4, -0.2) is 47.7 Å². The monoisotopic (exact) mass is 267 g/mol. The number of H-pyrrole nitrogens is 1. The molecule has 0 bridgehead atoms. The molecule has 4 N–H and O–H groups in total. The number of nitrogens with one attached hydrogen (secondary N) is 1. The van der Waals surface area contributed by atoms with E-state index in [1.807, 2.05) is 16.8 Å². The SMILES string of the molecule is CN1CN([C@H]2CC[C@@H](CO)O2)c2nc(N)[nH]c(=O)c21. The maximum atomic E-state index is 11.9. The number of fused-ring (bicyclic) bond motifs is 1. The van der Waals surface area contributed by atoms with E-state index in [0.717, 1.165) is 12.8 Å². The Bertz CT molecular complexity index is 546. The number of hydrogen-bond acceptors (Lipinski definition) is 7. The van der Waals surface area contributed by atoms with Crippen LogP contribution in [0.4, 0.5) is 17.5 Å². The molecule has 1 fully saturated rings. The normalized spacial score (nSPS) is 26.0. The number of rotatable bonds is 2. The van der Waals surface area contributed by atoms with E-state index in [4.69, 9.17) is 15.6 Å². The molecule has 2 aliphatic rings. The van der Waals surface area contributed by atoms with Crippen molar-refractivity contribution in [3.63, 3.8) is 0 Å². The van der Waals surface area contributed by atoms with Gasteiger partial charge in [0.25, 0.3) is 5.56 Å². The summed E-state index contributed by atoms with van der Waals surface area (Å²) in [6, 6.07) is 0. The first kappa shape index (κ1) is 12.2. The molecule has 2 aliphatic heterocycles. The number of aliphatic hydroxyl groups excluding tert-OH is 1. The fourth-order valence-electron chi connectivity index (χ4n) is 2.66. The van der Waals surface area contributed by atoms with Gasteiger partial charge in [-0.15, -0.1) is 0 Å². The van der Waals surface area contributed by atoms with Gasteiger partial charge in [0.15, 0.2) is 5.82 Å². The van der Waals surface area contributed by atoms with Gasteiger partial charge in [-0.1, -0.05) is 0 Å². The van der Waals surface area contributed by atoms with Gasteiger partial charge in [-0.05, 0) is 12.8 Å². The molecule has 0 unspecified atom stereocenters. The van der Waals surface area contributed by atoms with Crippen molar-refractivity contribution in [1.82, 2.24) is 9.97 Å². The summed E-state index contributed by atoms with van der Waals surface area (Å²) in [7, 11) is 1.82. The van der Waals surface area contributed by atoms with Gasteiger partial charge in [-0.25, -0.2) is 0 Å². The number of nitrogens with two attached hydrogens (primary N) is 1. The van der Waals surface area contributed by atoms with Crippen LogP contribution in [0.5, 0.6) is 0 Å². The molecule has 0 aliphatic carbocycles. The number of aromatic nitrogens is 2. The molecule has 1 aromatic rings. The predicted molar refractivity (Wildman–Crippen MR) is 70.0 cm³/mol. The first-order valence-electron chi connectivity index (χ1n) is 6.24. The minimum absolute atomic E-state index is 0.0119. The molecule has 104 valence electrons. The maximum Gasteiger partial charge on any atom is 0.278 e. The molecule has 19 heavy (non-hydrogen) atoms. The van der Waals surface area contributed by atoms with Gasteiger partial charge in [0.2, 0.25) is 5.95 Å². The zero-order valence-corrected chi connectivity index (χ0v) is 10.7. The van der Waals surface area contributed by atoms with Crippen molar-refractivity contribution in [2.45, 2.75) is 25.2 Å². The Morgan fingerprint density at radius 2 is 2.37 bits per heavy atom. The van der Waals surface area contributed by atoms with E-state index in [9.17, 15) is 4.79 Å². The molecule has 2 atom stereocenters. The highest BCUT2D eigenvalue weighted by atomic mass is 16.5. The van der Waals surface area contributed by atoms with Crippen molar-refractivity contribution >= 4 is 17.5 Å². The molecule has 0 saturated carbocycles. The van der Waals surface area contributed by atoms with Crippen molar-refractivity contribution in [1.29, 1.82) is 0 Å². The first-order valence-corrected chi connectivity index (χ1v) is 6.24. The van der Waals surface area contributed by atoms with Gasteiger partial charge < -0.3 is 25.4 Å². The van der Waals surface area contributed by atoms with Crippen molar-refractivity contribution in [2.24, 2.45) is 0 Å². The lowest BCUT2D eigenvalue weighted by molar-refractivity contribution is 0.0111. The van der Waals surface area contributed by atoms with Crippen LogP contribution < -0.4 is 21.1 Å². The second-order valence-electron chi connectivity index (χ2n) is 4.91. The summed E-state index contributed by atoms with van der Waals surface area (Å²) >= 11 is 0. The van der Waals surface area contributed by atoms with E-state index in [1.54, 1.807) is 0 Å². The summed E-state index contributed by atoms with van der Waals surface area (Å²) in [6.07, 6.45) is 1.29. The lowest BCUT2D eigenvalue weighted by atomic mass is 10.2. The highest BCUT2D eigenvalue weighted by Gasteiger charge is 2.37. The molecule has 0 radical (unpaired) electrons. The van der Waals surface area contributed by atoms with Gasteiger partial charge >= 0.3 is 0 Å². The number of nitrogens with zero attached hydrogens (tertiary/aromatic N) is 3. The van der Waals surface area contributed by atoms with Crippen LogP contribution in [0.3, 0.4) is 0 Å². The van der Waals surface area contributed by atoms with Gasteiger partial charge in [-0.3, -0.25) is 9.78 Å². The summed E-state index contributed by atoms with van der Waals surface area (Å²) < 4.78 is 5.74. The van der Waals surface area contributed by atoms with Crippen molar-refractivity contribution in [3.8, 4) is 0 Å². The molecule has 1 saturated heterocycles. The zero-order chi connectivity index (χ0) is 13.6. The van der Waals surface area contributed by atoms with E-state index in [2.05, 4.69) is 9.97 Å². The lowest BCUT2D eigenvalue weighted by Gasteiger charge is -2.25.